The van der Waals surface area contributed by atoms with Crippen LogP contribution in [0.4, 0.5) is 8.78 Å². The smallest absolute Gasteiger partial charge is 0.320 e. The minimum Gasteiger partial charge on any atom is -0.320 e. The first kappa shape index (κ1) is 18.3. The highest BCUT2D eigenvalue weighted by Crippen LogP contribution is 2.61. The lowest BCUT2D eigenvalue weighted by Gasteiger charge is -2.48. The molecule has 4 atom stereocenters. The van der Waals surface area contributed by atoms with Crippen LogP contribution in [-0.4, -0.2) is 15.6 Å². The average Bonchev–Trinajstić information content (AvgIpc) is 2.88. The van der Waals surface area contributed by atoms with E-state index in [9.17, 15) is 18.1 Å². The number of Topliss-reactive ketones (excluding diaryl/α,β-unsaturated/α-hetero) is 1. The van der Waals surface area contributed by atoms with E-state index in [4.69, 9.17) is 9.79 Å². The van der Waals surface area contributed by atoms with Crippen LogP contribution in [0, 0.1) is 17.3 Å². The van der Waals surface area contributed by atoms with Crippen molar-refractivity contribution in [2.75, 3.05) is 0 Å². The molecule has 1 aromatic carbocycles. The van der Waals surface area contributed by atoms with Crippen molar-refractivity contribution in [1.29, 1.82) is 0 Å². The zero-order valence-electron chi connectivity index (χ0n) is 14.6. The number of ketones is 1. The highest BCUT2D eigenvalue weighted by molar-refractivity contribution is 7.52. The summed E-state index contributed by atoms with van der Waals surface area (Å²) >= 11 is 0. The molecule has 4 rings (SSSR count). The predicted molar refractivity (Wildman–Crippen MR) is 92.0 cm³/mol. The van der Waals surface area contributed by atoms with Gasteiger partial charge in [-0.15, -0.1) is 0 Å². The molecular formula is C19H23F2O4P. The fraction of sp³-hybridized carbons (Fsp3) is 0.632. The van der Waals surface area contributed by atoms with Crippen LogP contribution in [0.15, 0.2) is 18.2 Å². The molecule has 7 heteroatoms. The highest BCUT2D eigenvalue weighted by atomic mass is 31.2. The molecule has 2 N–H and O–H groups in total. The van der Waals surface area contributed by atoms with Gasteiger partial charge in [0.2, 0.25) is 0 Å². The Morgan fingerprint density at radius 1 is 1.19 bits per heavy atom. The lowest BCUT2D eigenvalue weighted by atomic mass is 9.55. The van der Waals surface area contributed by atoms with E-state index < -0.39 is 18.8 Å². The summed E-state index contributed by atoms with van der Waals surface area (Å²) in [7, 11) is -5.56. The lowest BCUT2D eigenvalue weighted by Crippen LogP contribution is -2.42. The molecule has 0 saturated heterocycles. The summed E-state index contributed by atoms with van der Waals surface area (Å²) in [5.41, 5.74) is -3.22. The molecule has 0 amide bonds. The van der Waals surface area contributed by atoms with Gasteiger partial charge in [-0.05, 0) is 67.1 Å². The molecule has 2 saturated carbocycles. The first-order valence-electron chi connectivity index (χ1n) is 9.16. The SMILES string of the molecule is C[C@]12CCC3c4ccc(C(F)(F)P(=O)(O)O)cc4CCC3C1CCC2=O. The zero-order valence-corrected chi connectivity index (χ0v) is 15.5. The highest BCUT2D eigenvalue weighted by Gasteiger charge is 2.55. The van der Waals surface area contributed by atoms with Crippen molar-refractivity contribution in [1.82, 2.24) is 0 Å². The Morgan fingerprint density at radius 2 is 1.92 bits per heavy atom. The topological polar surface area (TPSA) is 74.6 Å². The van der Waals surface area contributed by atoms with Gasteiger partial charge in [0.05, 0.1) is 0 Å². The Labute approximate surface area is 151 Å². The third-order valence-electron chi connectivity index (χ3n) is 7.15. The summed E-state index contributed by atoms with van der Waals surface area (Å²) in [6, 6.07) is 4.07. The largest absolute Gasteiger partial charge is 0.399 e. The summed E-state index contributed by atoms with van der Waals surface area (Å²) in [4.78, 5) is 30.3. The number of carbonyl (C=O) groups is 1. The molecule has 4 nitrogen and oxygen atoms in total. The number of halogens is 2. The van der Waals surface area contributed by atoms with E-state index in [0.717, 1.165) is 42.9 Å². The Morgan fingerprint density at radius 3 is 2.62 bits per heavy atom. The number of alkyl halides is 2. The summed E-state index contributed by atoms with van der Waals surface area (Å²) < 4.78 is 39.2. The van der Waals surface area contributed by atoms with Crippen molar-refractivity contribution in [2.45, 2.75) is 57.0 Å². The van der Waals surface area contributed by atoms with Crippen molar-refractivity contribution >= 4 is 13.4 Å². The number of rotatable bonds is 2. The van der Waals surface area contributed by atoms with Gasteiger partial charge in [0.15, 0.2) is 0 Å². The average molecular weight is 384 g/mol. The van der Waals surface area contributed by atoms with Gasteiger partial charge >= 0.3 is 13.3 Å². The molecule has 0 aliphatic heterocycles. The predicted octanol–water partition coefficient (Wildman–Crippen LogP) is 4.34. The van der Waals surface area contributed by atoms with Crippen molar-refractivity contribution in [2.24, 2.45) is 17.3 Å². The second kappa shape index (κ2) is 5.70. The van der Waals surface area contributed by atoms with Crippen LogP contribution in [-0.2, 0) is 21.4 Å². The van der Waals surface area contributed by atoms with Crippen LogP contribution in [0.2, 0.25) is 0 Å². The maximum absolute atomic E-state index is 14.0. The summed E-state index contributed by atoms with van der Waals surface area (Å²) in [6.45, 7) is 2.09. The van der Waals surface area contributed by atoms with E-state index in [0.29, 0.717) is 30.5 Å². The molecule has 1 aromatic rings. The van der Waals surface area contributed by atoms with E-state index in [1.54, 1.807) is 6.07 Å². The van der Waals surface area contributed by atoms with Gasteiger partial charge in [0.1, 0.15) is 5.78 Å². The molecule has 26 heavy (non-hydrogen) atoms. The van der Waals surface area contributed by atoms with E-state index in [1.807, 2.05) is 0 Å². The molecular weight excluding hydrogens is 361 g/mol. The normalized spacial score (nSPS) is 34.2. The molecule has 0 spiro atoms. The molecule has 0 radical (unpaired) electrons. The summed E-state index contributed by atoms with van der Waals surface area (Å²) in [6.07, 6.45) is 4.71. The second-order valence-electron chi connectivity index (χ2n) is 8.33. The van der Waals surface area contributed by atoms with E-state index in [-0.39, 0.29) is 11.3 Å². The third-order valence-corrected chi connectivity index (χ3v) is 8.14. The van der Waals surface area contributed by atoms with E-state index in [1.165, 1.54) is 6.07 Å². The summed E-state index contributed by atoms with van der Waals surface area (Å²) in [5.74, 6) is 1.36. The molecule has 2 fully saturated rings. The Kier molecular flexibility index (Phi) is 4.00. The van der Waals surface area contributed by atoms with Crippen molar-refractivity contribution in [3.8, 4) is 0 Å². The number of hydrogen-bond donors (Lipinski definition) is 2. The number of carbonyl (C=O) groups excluding carboxylic acids is 1. The Balaban J connectivity index is 1.68. The van der Waals surface area contributed by atoms with Crippen LogP contribution in [0.5, 0.6) is 0 Å². The van der Waals surface area contributed by atoms with Crippen LogP contribution >= 0.6 is 7.60 Å². The Bertz CT molecular complexity index is 818. The fourth-order valence-electron chi connectivity index (χ4n) is 5.71. The molecule has 3 aliphatic carbocycles. The van der Waals surface area contributed by atoms with Gasteiger partial charge in [0, 0.05) is 17.4 Å². The van der Waals surface area contributed by atoms with Gasteiger partial charge in [0.25, 0.3) is 0 Å². The second-order valence-corrected chi connectivity index (χ2v) is 9.98. The number of aryl methyl sites for hydroxylation is 1. The minimum absolute atomic E-state index is 0.230. The molecule has 3 aliphatic rings. The monoisotopic (exact) mass is 384 g/mol. The van der Waals surface area contributed by atoms with Crippen LogP contribution in [0.3, 0.4) is 0 Å². The maximum Gasteiger partial charge on any atom is 0.399 e. The number of hydrogen-bond acceptors (Lipinski definition) is 2. The van der Waals surface area contributed by atoms with Crippen molar-refractivity contribution in [3.05, 3.63) is 34.9 Å². The first-order chi connectivity index (χ1) is 12.1. The van der Waals surface area contributed by atoms with Crippen LogP contribution in [0.1, 0.15) is 61.6 Å². The van der Waals surface area contributed by atoms with Gasteiger partial charge in [-0.25, -0.2) is 0 Å². The van der Waals surface area contributed by atoms with Gasteiger partial charge in [-0.1, -0.05) is 19.1 Å². The quantitative estimate of drug-likeness (QED) is 0.744. The van der Waals surface area contributed by atoms with E-state index in [2.05, 4.69) is 6.92 Å². The number of benzene rings is 1. The lowest BCUT2D eigenvalue weighted by molar-refractivity contribution is -0.129. The summed E-state index contributed by atoms with van der Waals surface area (Å²) in [5, 5.41) is 0. The molecule has 0 bridgehead atoms. The van der Waals surface area contributed by atoms with Gasteiger partial charge in [-0.3, -0.25) is 9.36 Å². The standard InChI is InChI=1S/C19H23F2O4P/c1-18-9-8-14-13-5-3-12(19(20,21)26(23,24)25)10-11(13)2-4-15(14)16(18)6-7-17(18)22/h3,5,10,14-16H,2,4,6-9H2,1H3,(H2,23,24,25)/t14?,15?,16?,18-/m0/s1. The minimum atomic E-state index is -5.56. The van der Waals surface area contributed by atoms with Gasteiger partial charge in [-0.2, -0.15) is 8.78 Å². The van der Waals surface area contributed by atoms with Crippen LogP contribution in [0.25, 0.3) is 0 Å². The van der Waals surface area contributed by atoms with Gasteiger partial charge < -0.3 is 9.79 Å². The van der Waals surface area contributed by atoms with Crippen molar-refractivity contribution < 1.29 is 27.9 Å². The fourth-order valence-corrected chi connectivity index (χ4v) is 6.18. The molecule has 0 heterocycles. The Hall–Kier alpha value is -1.10. The third kappa shape index (κ3) is 2.45. The van der Waals surface area contributed by atoms with E-state index >= 15 is 0 Å². The van der Waals surface area contributed by atoms with Crippen LogP contribution < -0.4 is 0 Å². The molecule has 3 unspecified atom stereocenters. The van der Waals surface area contributed by atoms with Crippen molar-refractivity contribution in [3.63, 3.8) is 0 Å². The molecule has 142 valence electrons. The zero-order chi connectivity index (χ0) is 18.9. The molecule has 0 aromatic heterocycles. The first-order valence-corrected chi connectivity index (χ1v) is 10.8. The maximum atomic E-state index is 14.0. The number of fused-ring (bicyclic) bond motifs is 5.